The van der Waals surface area contributed by atoms with E-state index in [1.807, 2.05) is 18.2 Å². The molecule has 0 aliphatic heterocycles. The molecule has 0 N–H and O–H groups in total. The molecule has 4 nitrogen and oxygen atoms in total. The Morgan fingerprint density at radius 2 is 2.06 bits per heavy atom. The number of nitriles is 1. The van der Waals surface area contributed by atoms with Crippen molar-refractivity contribution in [3.05, 3.63) is 35.7 Å². The fourth-order valence-corrected chi connectivity index (χ4v) is 1.62. The highest BCUT2D eigenvalue weighted by Gasteiger charge is 2.07. The first-order valence-corrected chi connectivity index (χ1v) is 5.62. The van der Waals surface area contributed by atoms with Gasteiger partial charge in [0, 0.05) is 5.56 Å². The van der Waals surface area contributed by atoms with Crippen LogP contribution < -0.4 is 0 Å². The molecule has 0 radical (unpaired) electrons. The molecule has 0 saturated carbocycles. The molecule has 86 valence electrons. The number of rotatable bonds is 4. The van der Waals surface area contributed by atoms with Gasteiger partial charge in [-0.05, 0) is 12.0 Å². The van der Waals surface area contributed by atoms with E-state index in [2.05, 4.69) is 29.2 Å². The normalized spacial score (nSPS) is 10.1. The summed E-state index contributed by atoms with van der Waals surface area (Å²) in [4.78, 5) is 4.15. The number of benzene rings is 1. The Balaban J connectivity index is 2.18. The second kappa shape index (κ2) is 5.26. The first kappa shape index (κ1) is 11.3. The molecule has 0 amide bonds. The Bertz CT molecular complexity index is 522. The van der Waals surface area contributed by atoms with Crippen molar-refractivity contribution in [2.75, 3.05) is 0 Å². The zero-order valence-corrected chi connectivity index (χ0v) is 9.68. The molecule has 17 heavy (non-hydrogen) atoms. The van der Waals surface area contributed by atoms with Gasteiger partial charge in [0.1, 0.15) is 6.42 Å². The van der Waals surface area contributed by atoms with E-state index in [1.54, 1.807) is 0 Å². The lowest BCUT2D eigenvalue weighted by Gasteiger charge is -1.98. The predicted octanol–water partition coefficient (Wildman–Crippen LogP) is 2.76. The minimum atomic E-state index is 0.154. The lowest BCUT2D eigenvalue weighted by atomic mass is 10.1. The van der Waals surface area contributed by atoms with Crippen LogP contribution in [-0.2, 0) is 12.8 Å². The van der Waals surface area contributed by atoms with Crippen LogP contribution in [0.2, 0.25) is 0 Å². The Hall–Kier alpha value is -2.15. The van der Waals surface area contributed by atoms with Gasteiger partial charge in [-0.15, -0.1) is 0 Å². The third-order valence-corrected chi connectivity index (χ3v) is 2.45. The Labute approximate surface area is 99.9 Å². The first-order chi connectivity index (χ1) is 8.33. The lowest BCUT2D eigenvalue weighted by Crippen LogP contribution is -1.85. The number of aromatic nitrogens is 2. The molecule has 0 aliphatic rings. The minimum Gasteiger partial charge on any atom is -0.338 e. The first-order valence-electron chi connectivity index (χ1n) is 5.62. The standard InChI is InChI=1S/C13H13N3O/c1-2-3-10-4-6-11(7-5-10)13-15-12(8-9-14)17-16-13/h4-7H,2-3,8H2,1H3. The number of aryl methyl sites for hydroxylation is 1. The highest BCUT2D eigenvalue weighted by atomic mass is 16.5. The molecular weight excluding hydrogens is 214 g/mol. The van der Waals surface area contributed by atoms with Crippen molar-refractivity contribution >= 4 is 0 Å². The van der Waals surface area contributed by atoms with Gasteiger partial charge in [-0.25, -0.2) is 0 Å². The summed E-state index contributed by atoms with van der Waals surface area (Å²) in [6.07, 6.45) is 2.36. The van der Waals surface area contributed by atoms with Crippen molar-refractivity contribution in [2.45, 2.75) is 26.2 Å². The molecule has 2 rings (SSSR count). The van der Waals surface area contributed by atoms with Crippen LogP contribution in [0.3, 0.4) is 0 Å². The summed E-state index contributed by atoms with van der Waals surface area (Å²) >= 11 is 0. The molecule has 0 atom stereocenters. The lowest BCUT2D eigenvalue weighted by molar-refractivity contribution is 0.388. The van der Waals surface area contributed by atoms with Crippen LogP contribution in [0.15, 0.2) is 28.8 Å². The van der Waals surface area contributed by atoms with Crippen LogP contribution in [-0.4, -0.2) is 10.1 Å². The van der Waals surface area contributed by atoms with Crippen LogP contribution in [0.5, 0.6) is 0 Å². The fraction of sp³-hybridized carbons (Fsp3) is 0.308. The predicted molar refractivity (Wildman–Crippen MR) is 63.0 cm³/mol. The third-order valence-electron chi connectivity index (χ3n) is 2.45. The average molecular weight is 227 g/mol. The molecule has 1 heterocycles. The molecule has 0 fully saturated rings. The largest absolute Gasteiger partial charge is 0.338 e. The summed E-state index contributed by atoms with van der Waals surface area (Å²) in [7, 11) is 0. The SMILES string of the molecule is CCCc1ccc(-c2noc(CC#N)n2)cc1. The van der Waals surface area contributed by atoms with Crippen LogP contribution >= 0.6 is 0 Å². The van der Waals surface area contributed by atoms with Gasteiger partial charge in [0.15, 0.2) is 0 Å². The van der Waals surface area contributed by atoms with Crippen molar-refractivity contribution in [2.24, 2.45) is 0 Å². The molecule has 0 bridgehead atoms. The number of hydrogen-bond acceptors (Lipinski definition) is 4. The maximum Gasteiger partial charge on any atom is 0.241 e. The van der Waals surface area contributed by atoms with Gasteiger partial charge in [0.2, 0.25) is 11.7 Å². The van der Waals surface area contributed by atoms with Gasteiger partial charge in [0.25, 0.3) is 0 Å². The fourth-order valence-electron chi connectivity index (χ4n) is 1.62. The quantitative estimate of drug-likeness (QED) is 0.805. The third kappa shape index (κ3) is 2.70. The Morgan fingerprint density at radius 3 is 2.71 bits per heavy atom. The summed E-state index contributed by atoms with van der Waals surface area (Å²) in [6.45, 7) is 2.15. The second-order valence-corrected chi connectivity index (χ2v) is 3.79. The highest BCUT2D eigenvalue weighted by Crippen LogP contribution is 2.17. The van der Waals surface area contributed by atoms with Crippen molar-refractivity contribution in [1.82, 2.24) is 10.1 Å². The van der Waals surface area contributed by atoms with Gasteiger partial charge < -0.3 is 4.52 Å². The summed E-state index contributed by atoms with van der Waals surface area (Å²) in [5.41, 5.74) is 2.22. The van der Waals surface area contributed by atoms with E-state index in [4.69, 9.17) is 9.78 Å². The molecule has 0 saturated heterocycles. The van der Waals surface area contributed by atoms with Gasteiger partial charge in [-0.3, -0.25) is 0 Å². The van der Waals surface area contributed by atoms with E-state index >= 15 is 0 Å². The average Bonchev–Trinajstić information content (AvgIpc) is 2.80. The Kier molecular flexibility index (Phi) is 3.51. The summed E-state index contributed by atoms with van der Waals surface area (Å²) in [5.74, 6) is 0.901. The Morgan fingerprint density at radius 1 is 1.29 bits per heavy atom. The van der Waals surface area contributed by atoms with Gasteiger partial charge in [0.05, 0.1) is 6.07 Å². The summed E-state index contributed by atoms with van der Waals surface area (Å²) in [5, 5.41) is 12.4. The van der Waals surface area contributed by atoms with Crippen molar-refractivity contribution in [3.63, 3.8) is 0 Å². The van der Waals surface area contributed by atoms with Gasteiger partial charge >= 0.3 is 0 Å². The molecule has 2 aromatic rings. The van der Waals surface area contributed by atoms with E-state index in [-0.39, 0.29) is 6.42 Å². The zero-order valence-electron chi connectivity index (χ0n) is 9.68. The van der Waals surface area contributed by atoms with E-state index < -0.39 is 0 Å². The number of nitrogens with zero attached hydrogens (tertiary/aromatic N) is 3. The van der Waals surface area contributed by atoms with Gasteiger partial charge in [-0.1, -0.05) is 42.8 Å². The molecule has 4 heteroatoms. The number of hydrogen-bond donors (Lipinski definition) is 0. The second-order valence-electron chi connectivity index (χ2n) is 3.79. The molecular formula is C13H13N3O. The smallest absolute Gasteiger partial charge is 0.241 e. The van der Waals surface area contributed by atoms with Crippen LogP contribution in [0, 0.1) is 11.3 Å². The maximum atomic E-state index is 8.52. The molecule has 1 aromatic carbocycles. The van der Waals surface area contributed by atoms with Crippen LogP contribution in [0.25, 0.3) is 11.4 Å². The summed E-state index contributed by atoms with van der Waals surface area (Å²) in [6, 6.07) is 10.1. The molecule has 1 aromatic heterocycles. The molecule has 0 aliphatic carbocycles. The van der Waals surface area contributed by atoms with E-state index in [1.165, 1.54) is 5.56 Å². The van der Waals surface area contributed by atoms with E-state index in [9.17, 15) is 0 Å². The van der Waals surface area contributed by atoms with E-state index in [0.29, 0.717) is 11.7 Å². The molecule has 0 spiro atoms. The van der Waals surface area contributed by atoms with E-state index in [0.717, 1.165) is 18.4 Å². The van der Waals surface area contributed by atoms with Crippen molar-refractivity contribution in [3.8, 4) is 17.5 Å². The van der Waals surface area contributed by atoms with Crippen molar-refractivity contribution in [1.29, 1.82) is 5.26 Å². The zero-order chi connectivity index (χ0) is 12.1. The van der Waals surface area contributed by atoms with Crippen LogP contribution in [0.1, 0.15) is 24.8 Å². The van der Waals surface area contributed by atoms with Crippen LogP contribution in [0.4, 0.5) is 0 Å². The highest BCUT2D eigenvalue weighted by molar-refractivity contribution is 5.54. The molecule has 0 unspecified atom stereocenters. The monoisotopic (exact) mass is 227 g/mol. The summed E-state index contributed by atoms with van der Waals surface area (Å²) < 4.78 is 4.95. The minimum absolute atomic E-state index is 0.154. The topological polar surface area (TPSA) is 62.7 Å². The van der Waals surface area contributed by atoms with Gasteiger partial charge in [-0.2, -0.15) is 10.2 Å². The maximum absolute atomic E-state index is 8.52. The van der Waals surface area contributed by atoms with Crippen molar-refractivity contribution < 1.29 is 4.52 Å².